The molecule has 0 aromatic heterocycles. The van der Waals surface area contributed by atoms with Crippen molar-refractivity contribution in [1.29, 1.82) is 0 Å². The highest BCUT2D eigenvalue weighted by atomic mass is 35.5. The van der Waals surface area contributed by atoms with Gasteiger partial charge in [-0.1, -0.05) is 29.3 Å². The third-order valence-electron chi connectivity index (χ3n) is 3.97. The molecule has 0 radical (unpaired) electrons. The number of benzene rings is 2. The van der Waals surface area contributed by atoms with E-state index in [1.807, 2.05) is 0 Å². The molecule has 0 heterocycles. The van der Waals surface area contributed by atoms with Crippen LogP contribution < -0.4 is 25.4 Å². The van der Waals surface area contributed by atoms with Crippen molar-refractivity contribution in [2.75, 3.05) is 20.2 Å². The zero-order valence-electron chi connectivity index (χ0n) is 16.7. The van der Waals surface area contributed by atoms with Gasteiger partial charge in [-0.2, -0.15) is 8.78 Å². The van der Waals surface area contributed by atoms with Gasteiger partial charge in [0.05, 0.1) is 30.8 Å². The summed E-state index contributed by atoms with van der Waals surface area (Å²) in [4.78, 5) is 35.8. The van der Waals surface area contributed by atoms with Gasteiger partial charge in [-0.05, 0) is 35.9 Å². The minimum absolute atomic E-state index is 0.0613. The molecule has 0 saturated heterocycles. The van der Waals surface area contributed by atoms with Crippen LogP contribution in [0.15, 0.2) is 36.4 Å². The minimum atomic E-state index is -2.99. The van der Waals surface area contributed by atoms with Gasteiger partial charge >= 0.3 is 6.61 Å². The molecule has 0 unspecified atom stereocenters. The Morgan fingerprint density at radius 3 is 2.28 bits per heavy atom. The number of ether oxygens (including phenoxy) is 2. The first kappa shape index (κ1) is 25.2. The SMILES string of the molecule is COc1cc(CNC(=O)CNC(=O)CNC(=O)c2ccc(Cl)cc2Cl)ccc1OC(F)F. The number of carbonyl (C=O) groups excluding carboxylic acids is 3. The first-order valence-corrected chi connectivity index (χ1v) is 9.83. The Morgan fingerprint density at radius 1 is 0.938 bits per heavy atom. The van der Waals surface area contributed by atoms with Gasteiger partial charge in [0.15, 0.2) is 11.5 Å². The fourth-order valence-corrected chi connectivity index (χ4v) is 2.94. The monoisotopic (exact) mass is 489 g/mol. The number of methoxy groups -OCH3 is 1. The number of halogens is 4. The van der Waals surface area contributed by atoms with E-state index in [4.69, 9.17) is 27.9 Å². The molecule has 2 aromatic carbocycles. The van der Waals surface area contributed by atoms with Gasteiger partial charge in [-0.15, -0.1) is 0 Å². The lowest BCUT2D eigenvalue weighted by Gasteiger charge is -2.12. The van der Waals surface area contributed by atoms with Gasteiger partial charge in [0.2, 0.25) is 11.8 Å². The maximum absolute atomic E-state index is 12.4. The first-order valence-electron chi connectivity index (χ1n) is 9.08. The summed E-state index contributed by atoms with van der Waals surface area (Å²) < 4.78 is 34.0. The molecule has 12 heteroatoms. The van der Waals surface area contributed by atoms with Crippen LogP contribution in [0.25, 0.3) is 0 Å². The first-order chi connectivity index (χ1) is 15.2. The molecule has 0 atom stereocenters. The second-order valence-corrected chi connectivity index (χ2v) is 7.07. The predicted molar refractivity (Wildman–Crippen MR) is 113 cm³/mol. The molecule has 0 aliphatic heterocycles. The molecule has 3 N–H and O–H groups in total. The van der Waals surface area contributed by atoms with Crippen LogP contribution >= 0.6 is 23.2 Å². The molecule has 32 heavy (non-hydrogen) atoms. The van der Waals surface area contributed by atoms with Crippen LogP contribution in [-0.4, -0.2) is 44.5 Å². The fraction of sp³-hybridized carbons (Fsp3) is 0.250. The lowest BCUT2D eigenvalue weighted by Crippen LogP contribution is -2.41. The second-order valence-electron chi connectivity index (χ2n) is 6.22. The number of carbonyl (C=O) groups is 3. The van der Waals surface area contributed by atoms with Crippen LogP contribution in [0.4, 0.5) is 8.78 Å². The second kappa shape index (κ2) is 12.1. The average molecular weight is 490 g/mol. The number of alkyl halides is 2. The Labute approximate surface area is 192 Å². The van der Waals surface area contributed by atoms with Gasteiger partial charge in [0.1, 0.15) is 0 Å². The molecule has 0 aliphatic carbocycles. The summed E-state index contributed by atoms with van der Waals surface area (Å²) >= 11 is 11.7. The van der Waals surface area contributed by atoms with Crippen LogP contribution in [0.2, 0.25) is 10.0 Å². The molecule has 2 rings (SSSR count). The standard InChI is InChI=1S/C20H19Cl2F2N3O5/c1-31-16-6-11(2-5-15(16)32-20(23)24)8-25-17(28)9-26-18(29)10-27-19(30)13-4-3-12(21)7-14(13)22/h2-7,20H,8-10H2,1H3,(H,25,28)(H,26,29)(H,27,30). The zero-order chi connectivity index (χ0) is 23.7. The summed E-state index contributed by atoms with van der Waals surface area (Å²) in [5.74, 6) is -1.71. The lowest BCUT2D eigenvalue weighted by atomic mass is 10.2. The highest BCUT2D eigenvalue weighted by Gasteiger charge is 2.14. The maximum Gasteiger partial charge on any atom is 0.387 e. The van der Waals surface area contributed by atoms with Crippen molar-refractivity contribution >= 4 is 40.9 Å². The van der Waals surface area contributed by atoms with Gasteiger partial charge in [-0.3, -0.25) is 14.4 Å². The quantitative estimate of drug-likeness (QED) is 0.475. The summed E-state index contributed by atoms with van der Waals surface area (Å²) in [5.41, 5.74) is 0.720. The fourth-order valence-electron chi connectivity index (χ4n) is 2.45. The summed E-state index contributed by atoms with van der Waals surface area (Å²) in [7, 11) is 1.30. The molecule has 8 nitrogen and oxygen atoms in total. The van der Waals surface area contributed by atoms with E-state index in [2.05, 4.69) is 20.7 Å². The topological polar surface area (TPSA) is 106 Å². The van der Waals surface area contributed by atoms with E-state index >= 15 is 0 Å². The lowest BCUT2D eigenvalue weighted by molar-refractivity contribution is -0.125. The molecule has 172 valence electrons. The molecule has 0 saturated carbocycles. The van der Waals surface area contributed by atoms with Gasteiger partial charge in [0, 0.05) is 11.6 Å². The van der Waals surface area contributed by atoms with Gasteiger partial charge in [-0.25, -0.2) is 0 Å². The van der Waals surface area contributed by atoms with Crippen LogP contribution in [-0.2, 0) is 16.1 Å². The Hall–Kier alpha value is -3.11. The number of hydrogen-bond donors (Lipinski definition) is 3. The van der Waals surface area contributed by atoms with E-state index in [0.29, 0.717) is 10.6 Å². The highest BCUT2D eigenvalue weighted by Crippen LogP contribution is 2.29. The number of nitrogens with one attached hydrogen (secondary N) is 3. The molecular formula is C20H19Cl2F2N3O5. The molecular weight excluding hydrogens is 471 g/mol. The van der Waals surface area contributed by atoms with Crippen LogP contribution in [0.3, 0.4) is 0 Å². The highest BCUT2D eigenvalue weighted by molar-refractivity contribution is 6.36. The summed E-state index contributed by atoms with van der Waals surface area (Å²) in [6.45, 7) is -3.63. The predicted octanol–water partition coefficient (Wildman–Crippen LogP) is 2.77. The van der Waals surface area contributed by atoms with E-state index < -0.39 is 24.3 Å². The minimum Gasteiger partial charge on any atom is -0.493 e. The van der Waals surface area contributed by atoms with E-state index in [0.717, 1.165) is 0 Å². The molecule has 0 aliphatic rings. The Kier molecular flexibility index (Phi) is 9.48. The Balaban J connectivity index is 1.75. The van der Waals surface area contributed by atoms with Crippen molar-refractivity contribution < 1.29 is 32.6 Å². The summed E-state index contributed by atoms with van der Waals surface area (Å²) in [6, 6.07) is 8.53. The summed E-state index contributed by atoms with van der Waals surface area (Å²) in [6.07, 6.45) is 0. The smallest absolute Gasteiger partial charge is 0.387 e. The molecule has 2 aromatic rings. The van der Waals surface area contributed by atoms with E-state index in [-0.39, 0.29) is 41.7 Å². The van der Waals surface area contributed by atoms with Gasteiger partial charge in [0.25, 0.3) is 5.91 Å². The van der Waals surface area contributed by atoms with Crippen molar-refractivity contribution in [2.24, 2.45) is 0 Å². The van der Waals surface area contributed by atoms with Crippen LogP contribution in [0.5, 0.6) is 11.5 Å². The molecule has 3 amide bonds. The molecule has 0 bridgehead atoms. The third kappa shape index (κ3) is 7.86. The van der Waals surface area contributed by atoms with Crippen LogP contribution in [0, 0.1) is 0 Å². The van der Waals surface area contributed by atoms with Gasteiger partial charge < -0.3 is 25.4 Å². The van der Waals surface area contributed by atoms with E-state index in [9.17, 15) is 23.2 Å². The summed E-state index contributed by atoms with van der Waals surface area (Å²) in [5, 5.41) is 7.80. The molecule has 0 fully saturated rings. The maximum atomic E-state index is 12.4. The van der Waals surface area contributed by atoms with E-state index in [1.165, 1.54) is 43.5 Å². The Bertz CT molecular complexity index is 992. The Morgan fingerprint density at radius 2 is 1.62 bits per heavy atom. The van der Waals surface area contributed by atoms with Crippen molar-refractivity contribution in [3.63, 3.8) is 0 Å². The van der Waals surface area contributed by atoms with Crippen molar-refractivity contribution in [1.82, 2.24) is 16.0 Å². The largest absolute Gasteiger partial charge is 0.493 e. The van der Waals surface area contributed by atoms with Crippen molar-refractivity contribution in [3.05, 3.63) is 57.6 Å². The average Bonchev–Trinajstić information content (AvgIpc) is 2.74. The van der Waals surface area contributed by atoms with Crippen molar-refractivity contribution in [3.8, 4) is 11.5 Å². The normalized spacial score (nSPS) is 10.4. The number of rotatable bonds is 10. The molecule has 0 spiro atoms. The number of hydrogen-bond acceptors (Lipinski definition) is 5. The third-order valence-corrected chi connectivity index (χ3v) is 4.51. The number of amides is 3. The van der Waals surface area contributed by atoms with E-state index in [1.54, 1.807) is 0 Å². The zero-order valence-corrected chi connectivity index (χ0v) is 18.2. The van der Waals surface area contributed by atoms with Crippen molar-refractivity contribution in [2.45, 2.75) is 13.2 Å². The van der Waals surface area contributed by atoms with Crippen LogP contribution in [0.1, 0.15) is 15.9 Å².